The number of fused-ring (bicyclic) bond motifs is 1. The molecule has 0 radical (unpaired) electrons. The van der Waals surface area contributed by atoms with E-state index in [0.29, 0.717) is 22.8 Å². The van der Waals surface area contributed by atoms with E-state index in [1.807, 2.05) is 12.1 Å². The molecule has 0 atom stereocenters. The Morgan fingerprint density at radius 2 is 2.00 bits per heavy atom. The minimum Gasteiger partial charge on any atom is -0.454 e. The predicted molar refractivity (Wildman–Crippen MR) is 82.9 cm³/mol. The van der Waals surface area contributed by atoms with E-state index in [1.54, 1.807) is 41.5 Å². The molecule has 8 heteroatoms. The molecule has 1 amide bonds. The maximum absolute atomic E-state index is 12.2. The van der Waals surface area contributed by atoms with Crippen LogP contribution in [-0.4, -0.2) is 32.7 Å². The van der Waals surface area contributed by atoms with Crippen molar-refractivity contribution in [1.82, 2.24) is 25.3 Å². The van der Waals surface area contributed by atoms with Crippen LogP contribution in [0.1, 0.15) is 16.1 Å². The second-order valence-electron chi connectivity index (χ2n) is 5.11. The van der Waals surface area contributed by atoms with E-state index in [4.69, 9.17) is 9.47 Å². The van der Waals surface area contributed by atoms with E-state index in [9.17, 15) is 4.79 Å². The van der Waals surface area contributed by atoms with Crippen molar-refractivity contribution in [2.45, 2.75) is 6.54 Å². The Morgan fingerprint density at radius 1 is 1.17 bits per heavy atom. The van der Waals surface area contributed by atoms with E-state index in [0.717, 1.165) is 5.69 Å². The minimum absolute atomic E-state index is 0.179. The molecule has 1 aliphatic heterocycles. The summed E-state index contributed by atoms with van der Waals surface area (Å²) in [4.78, 5) is 16.2. The zero-order chi connectivity index (χ0) is 16.4. The molecule has 0 aliphatic carbocycles. The Labute approximate surface area is 137 Å². The van der Waals surface area contributed by atoms with E-state index < -0.39 is 0 Å². The van der Waals surface area contributed by atoms with Gasteiger partial charge in [0.05, 0.1) is 18.4 Å². The zero-order valence-corrected chi connectivity index (χ0v) is 12.5. The van der Waals surface area contributed by atoms with Crippen LogP contribution in [0, 0.1) is 0 Å². The van der Waals surface area contributed by atoms with Crippen molar-refractivity contribution in [3.63, 3.8) is 0 Å². The molecule has 4 rings (SSSR count). The summed E-state index contributed by atoms with van der Waals surface area (Å²) in [6.07, 6.45) is 5.12. The van der Waals surface area contributed by atoms with Crippen molar-refractivity contribution in [2.24, 2.45) is 0 Å². The van der Waals surface area contributed by atoms with Gasteiger partial charge in [0.15, 0.2) is 11.5 Å². The number of nitrogens with zero attached hydrogens (tertiary/aromatic N) is 4. The van der Waals surface area contributed by atoms with Crippen LogP contribution in [0.5, 0.6) is 11.5 Å². The van der Waals surface area contributed by atoms with Crippen LogP contribution in [0.15, 0.2) is 48.9 Å². The molecule has 2 aromatic heterocycles. The highest BCUT2D eigenvalue weighted by Crippen LogP contribution is 2.32. The molecule has 0 saturated heterocycles. The molecule has 0 fully saturated rings. The highest BCUT2D eigenvalue weighted by molar-refractivity contribution is 5.94. The Morgan fingerprint density at radius 3 is 2.88 bits per heavy atom. The summed E-state index contributed by atoms with van der Waals surface area (Å²) < 4.78 is 12.1. The number of carbonyl (C=O) groups is 1. The first kappa shape index (κ1) is 14.2. The van der Waals surface area contributed by atoms with Crippen LogP contribution in [0.2, 0.25) is 0 Å². The van der Waals surface area contributed by atoms with Crippen LogP contribution in [0.3, 0.4) is 0 Å². The number of amides is 1. The van der Waals surface area contributed by atoms with Crippen molar-refractivity contribution >= 4 is 5.91 Å². The molecule has 3 heterocycles. The van der Waals surface area contributed by atoms with Gasteiger partial charge in [0.2, 0.25) is 6.79 Å². The first-order valence-electron chi connectivity index (χ1n) is 7.29. The molecule has 0 spiro atoms. The van der Waals surface area contributed by atoms with Gasteiger partial charge in [0, 0.05) is 18.0 Å². The second-order valence-corrected chi connectivity index (χ2v) is 5.11. The number of rotatable bonds is 4. The van der Waals surface area contributed by atoms with Crippen LogP contribution < -0.4 is 14.8 Å². The fraction of sp³-hybridized carbons (Fsp3) is 0.125. The number of benzene rings is 1. The van der Waals surface area contributed by atoms with Crippen LogP contribution in [0.4, 0.5) is 0 Å². The number of pyridine rings is 1. The second kappa shape index (κ2) is 5.99. The topological polar surface area (TPSA) is 91.2 Å². The molecule has 8 nitrogen and oxygen atoms in total. The zero-order valence-electron chi connectivity index (χ0n) is 12.5. The highest BCUT2D eigenvalue weighted by atomic mass is 16.7. The normalized spacial score (nSPS) is 12.2. The van der Waals surface area contributed by atoms with Gasteiger partial charge in [-0.15, -0.1) is 5.10 Å². The van der Waals surface area contributed by atoms with Gasteiger partial charge in [-0.2, -0.15) is 0 Å². The van der Waals surface area contributed by atoms with Gasteiger partial charge < -0.3 is 14.8 Å². The fourth-order valence-electron chi connectivity index (χ4n) is 2.31. The maximum atomic E-state index is 12.2. The van der Waals surface area contributed by atoms with E-state index in [-0.39, 0.29) is 19.2 Å². The lowest BCUT2D eigenvalue weighted by Crippen LogP contribution is -2.22. The Kier molecular flexibility index (Phi) is 3.54. The van der Waals surface area contributed by atoms with Gasteiger partial charge in [-0.05, 0) is 30.3 Å². The Hall–Kier alpha value is -3.42. The number of ether oxygens (including phenoxy) is 2. The summed E-state index contributed by atoms with van der Waals surface area (Å²) >= 11 is 0. The van der Waals surface area contributed by atoms with Crippen LogP contribution >= 0.6 is 0 Å². The van der Waals surface area contributed by atoms with E-state index in [2.05, 4.69) is 20.6 Å². The van der Waals surface area contributed by atoms with Gasteiger partial charge >= 0.3 is 0 Å². The minimum atomic E-state index is -0.216. The number of nitrogens with one attached hydrogen (secondary N) is 1. The average Bonchev–Trinajstić information content (AvgIpc) is 3.29. The van der Waals surface area contributed by atoms with Gasteiger partial charge in [-0.25, -0.2) is 4.68 Å². The highest BCUT2D eigenvalue weighted by Gasteiger charge is 2.16. The van der Waals surface area contributed by atoms with Gasteiger partial charge in [-0.1, -0.05) is 5.21 Å². The Balaban J connectivity index is 1.42. The summed E-state index contributed by atoms with van der Waals surface area (Å²) in [6, 6.07) is 8.71. The third kappa shape index (κ3) is 2.76. The quantitative estimate of drug-likeness (QED) is 0.778. The molecule has 0 saturated carbocycles. The van der Waals surface area contributed by atoms with Crippen LogP contribution in [-0.2, 0) is 6.54 Å². The number of hydrogen-bond acceptors (Lipinski definition) is 6. The SMILES string of the molecule is O=C(NCc1cn(-c2ccncc2)nn1)c1ccc2c(c1)OCO2. The van der Waals surface area contributed by atoms with Gasteiger partial charge in [0.1, 0.15) is 5.69 Å². The maximum Gasteiger partial charge on any atom is 0.251 e. The number of hydrogen-bond donors (Lipinski definition) is 1. The van der Waals surface area contributed by atoms with Gasteiger partial charge in [-0.3, -0.25) is 9.78 Å². The first-order valence-corrected chi connectivity index (χ1v) is 7.29. The molecule has 24 heavy (non-hydrogen) atoms. The average molecular weight is 323 g/mol. The molecular weight excluding hydrogens is 310 g/mol. The summed E-state index contributed by atoms with van der Waals surface area (Å²) in [6.45, 7) is 0.455. The molecule has 120 valence electrons. The van der Waals surface area contributed by atoms with Crippen molar-refractivity contribution in [3.05, 3.63) is 60.2 Å². The summed E-state index contributed by atoms with van der Waals surface area (Å²) in [5.41, 5.74) is 2.01. The lowest BCUT2D eigenvalue weighted by atomic mass is 10.2. The van der Waals surface area contributed by atoms with E-state index in [1.165, 1.54) is 0 Å². The van der Waals surface area contributed by atoms with Gasteiger partial charge in [0.25, 0.3) is 5.91 Å². The molecule has 1 aliphatic rings. The molecular formula is C16H13N5O3. The smallest absolute Gasteiger partial charge is 0.251 e. The predicted octanol–water partition coefficient (Wildman–Crippen LogP) is 1.32. The van der Waals surface area contributed by atoms with Crippen molar-refractivity contribution in [1.29, 1.82) is 0 Å². The summed E-state index contributed by atoms with van der Waals surface area (Å²) in [5.74, 6) is 1.00. The Bertz CT molecular complexity index is 878. The fourth-order valence-corrected chi connectivity index (χ4v) is 2.31. The third-order valence-corrected chi connectivity index (χ3v) is 3.53. The largest absolute Gasteiger partial charge is 0.454 e. The molecule has 0 bridgehead atoms. The van der Waals surface area contributed by atoms with E-state index >= 15 is 0 Å². The summed E-state index contributed by atoms with van der Waals surface area (Å²) in [7, 11) is 0. The number of carbonyl (C=O) groups excluding carboxylic acids is 1. The third-order valence-electron chi connectivity index (χ3n) is 3.53. The van der Waals surface area contributed by atoms with Crippen LogP contribution in [0.25, 0.3) is 5.69 Å². The molecule has 3 aromatic rings. The standard InChI is InChI=1S/C16H13N5O3/c22-16(11-1-2-14-15(7-11)24-10-23-14)18-8-12-9-21(20-19-12)13-3-5-17-6-4-13/h1-7,9H,8,10H2,(H,18,22). The molecule has 0 unspecified atom stereocenters. The molecule has 1 N–H and O–H groups in total. The summed E-state index contributed by atoms with van der Waals surface area (Å²) in [5, 5.41) is 10.9. The van der Waals surface area contributed by atoms with Crippen molar-refractivity contribution in [3.8, 4) is 17.2 Å². The lowest BCUT2D eigenvalue weighted by Gasteiger charge is -2.04. The lowest BCUT2D eigenvalue weighted by molar-refractivity contribution is 0.0950. The number of aromatic nitrogens is 4. The molecule has 1 aromatic carbocycles. The monoisotopic (exact) mass is 323 g/mol. The first-order chi connectivity index (χ1) is 11.8. The van der Waals surface area contributed by atoms with Crippen molar-refractivity contribution < 1.29 is 14.3 Å². The van der Waals surface area contributed by atoms with Crippen molar-refractivity contribution in [2.75, 3.05) is 6.79 Å².